The summed E-state index contributed by atoms with van der Waals surface area (Å²) < 4.78 is 1.06. The number of aromatic nitrogens is 2. The summed E-state index contributed by atoms with van der Waals surface area (Å²) in [5, 5.41) is 2.03. The second-order valence-corrected chi connectivity index (χ2v) is 5.22. The molecular weight excluding hydrogens is 286 g/mol. The third kappa shape index (κ3) is 1.97. The second kappa shape index (κ2) is 4.51. The van der Waals surface area contributed by atoms with Crippen LogP contribution in [-0.2, 0) is 6.42 Å². The van der Waals surface area contributed by atoms with E-state index in [0.717, 1.165) is 32.9 Å². The van der Waals surface area contributed by atoms with E-state index in [1.807, 2.05) is 25.3 Å². The van der Waals surface area contributed by atoms with Crippen molar-refractivity contribution in [2.24, 2.45) is 0 Å². The maximum absolute atomic E-state index is 5.89. The standard InChI is InChI=1S/C11H12BrN3S/c1-3-8-14-9(6(2)11(13)15-8)10-7(12)4-5-16-10/h4-5H,3H2,1-2H3,(H2,13,14,15). The fourth-order valence-corrected chi connectivity index (χ4v) is 3.03. The molecule has 0 amide bonds. The van der Waals surface area contributed by atoms with Gasteiger partial charge in [-0.1, -0.05) is 6.92 Å². The summed E-state index contributed by atoms with van der Waals surface area (Å²) in [4.78, 5) is 9.90. The van der Waals surface area contributed by atoms with Gasteiger partial charge in [0.15, 0.2) is 0 Å². The molecule has 2 aromatic heterocycles. The number of hydrogen-bond acceptors (Lipinski definition) is 4. The molecule has 0 aliphatic rings. The molecule has 0 saturated heterocycles. The Kier molecular flexibility index (Phi) is 3.25. The zero-order valence-electron chi connectivity index (χ0n) is 9.12. The molecule has 0 aliphatic carbocycles. The van der Waals surface area contributed by atoms with Crippen LogP contribution in [0.15, 0.2) is 15.9 Å². The molecule has 0 radical (unpaired) electrons. The first kappa shape index (κ1) is 11.5. The minimum Gasteiger partial charge on any atom is -0.383 e. The third-order valence-electron chi connectivity index (χ3n) is 2.38. The maximum Gasteiger partial charge on any atom is 0.131 e. The van der Waals surface area contributed by atoms with Gasteiger partial charge in [0.2, 0.25) is 0 Å². The van der Waals surface area contributed by atoms with E-state index in [2.05, 4.69) is 25.9 Å². The monoisotopic (exact) mass is 297 g/mol. The number of thiophene rings is 1. The molecule has 0 atom stereocenters. The molecule has 5 heteroatoms. The molecule has 84 valence electrons. The van der Waals surface area contributed by atoms with Crippen molar-refractivity contribution in [3.8, 4) is 10.6 Å². The number of aryl methyl sites for hydroxylation is 1. The average molecular weight is 298 g/mol. The predicted octanol–water partition coefficient (Wildman–Crippen LogP) is 3.42. The largest absolute Gasteiger partial charge is 0.383 e. The first-order valence-electron chi connectivity index (χ1n) is 4.99. The highest BCUT2D eigenvalue weighted by Crippen LogP contribution is 2.35. The van der Waals surface area contributed by atoms with Crippen LogP contribution in [0.2, 0.25) is 0 Å². The van der Waals surface area contributed by atoms with Crippen molar-refractivity contribution < 1.29 is 0 Å². The molecule has 16 heavy (non-hydrogen) atoms. The molecule has 0 spiro atoms. The topological polar surface area (TPSA) is 51.8 Å². The van der Waals surface area contributed by atoms with Gasteiger partial charge in [0, 0.05) is 16.5 Å². The fraction of sp³-hybridized carbons (Fsp3) is 0.273. The number of rotatable bonds is 2. The van der Waals surface area contributed by atoms with Gasteiger partial charge in [-0.2, -0.15) is 0 Å². The van der Waals surface area contributed by atoms with Gasteiger partial charge in [0.25, 0.3) is 0 Å². The summed E-state index contributed by atoms with van der Waals surface area (Å²) in [5.74, 6) is 1.36. The Morgan fingerprint density at radius 3 is 2.75 bits per heavy atom. The Balaban J connectivity index is 2.64. The van der Waals surface area contributed by atoms with Crippen molar-refractivity contribution in [2.45, 2.75) is 20.3 Å². The van der Waals surface area contributed by atoms with Crippen LogP contribution in [0.1, 0.15) is 18.3 Å². The molecule has 0 aromatic carbocycles. The number of halogens is 1. The van der Waals surface area contributed by atoms with Crippen molar-refractivity contribution in [3.63, 3.8) is 0 Å². The molecule has 0 saturated carbocycles. The summed E-state index contributed by atoms with van der Waals surface area (Å²) in [6.07, 6.45) is 0.792. The van der Waals surface area contributed by atoms with Gasteiger partial charge < -0.3 is 5.73 Å². The fourth-order valence-electron chi connectivity index (χ4n) is 1.42. The summed E-state index contributed by atoms with van der Waals surface area (Å²) in [6.45, 7) is 3.98. The second-order valence-electron chi connectivity index (χ2n) is 3.45. The lowest BCUT2D eigenvalue weighted by Crippen LogP contribution is -2.03. The molecule has 0 unspecified atom stereocenters. The minimum atomic E-state index is 0.571. The van der Waals surface area contributed by atoms with Gasteiger partial charge in [0.1, 0.15) is 11.6 Å². The first-order valence-corrected chi connectivity index (χ1v) is 6.67. The molecule has 0 aliphatic heterocycles. The Hall–Kier alpha value is -0.940. The van der Waals surface area contributed by atoms with Crippen LogP contribution in [0.5, 0.6) is 0 Å². The Bertz CT molecular complexity index is 522. The highest BCUT2D eigenvalue weighted by Gasteiger charge is 2.13. The maximum atomic E-state index is 5.89. The van der Waals surface area contributed by atoms with E-state index >= 15 is 0 Å². The molecule has 0 fully saturated rings. The lowest BCUT2D eigenvalue weighted by atomic mass is 10.2. The zero-order chi connectivity index (χ0) is 11.7. The van der Waals surface area contributed by atoms with E-state index in [0.29, 0.717) is 5.82 Å². The van der Waals surface area contributed by atoms with Gasteiger partial charge in [-0.05, 0) is 34.3 Å². The molecule has 2 heterocycles. The molecule has 2 rings (SSSR count). The lowest BCUT2D eigenvalue weighted by molar-refractivity contribution is 0.941. The van der Waals surface area contributed by atoms with Crippen LogP contribution in [0, 0.1) is 6.92 Å². The number of nitrogen functional groups attached to an aromatic ring is 1. The molecule has 2 aromatic rings. The van der Waals surface area contributed by atoms with Gasteiger partial charge in [0.05, 0.1) is 10.6 Å². The Morgan fingerprint density at radius 1 is 1.44 bits per heavy atom. The Morgan fingerprint density at radius 2 is 2.19 bits per heavy atom. The van der Waals surface area contributed by atoms with Gasteiger partial charge in [-0.3, -0.25) is 0 Å². The van der Waals surface area contributed by atoms with E-state index in [4.69, 9.17) is 5.73 Å². The highest BCUT2D eigenvalue weighted by molar-refractivity contribution is 9.10. The summed E-state index contributed by atoms with van der Waals surface area (Å²) in [7, 11) is 0. The SMILES string of the molecule is CCc1nc(N)c(C)c(-c2sccc2Br)n1. The highest BCUT2D eigenvalue weighted by atomic mass is 79.9. The quantitative estimate of drug-likeness (QED) is 0.924. The molecular formula is C11H12BrN3S. The molecule has 2 N–H and O–H groups in total. The summed E-state index contributed by atoms with van der Waals surface area (Å²) in [6, 6.07) is 2.02. The van der Waals surface area contributed by atoms with Crippen LogP contribution in [-0.4, -0.2) is 9.97 Å². The van der Waals surface area contributed by atoms with Crippen LogP contribution in [0.25, 0.3) is 10.6 Å². The Labute approximate surface area is 107 Å². The van der Waals surface area contributed by atoms with E-state index in [1.165, 1.54) is 0 Å². The van der Waals surface area contributed by atoms with Crippen molar-refractivity contribution in [2.75, 3.05) is 5.73 Å². The van der Waals surface area contributed by atoms with E-state index in [9.17, 15) is 0 Å². The van der Waals surface area contributed by atoms with Crippen LogP contribution in [0.3, 0.4) is 0 Å². The number of nitrogens with two attached hydrogens (primary N) is 1. The van der Waals surface area contributed by atoms with Crippen LogP contribution >= 0.6 is 27.3 Å². The van der Waals surface area contributed by atoms with Crippen molar-refractivity contribution in [3.05, 3.63) is 27.3 Å². The molecule has 3 nitrogen and oxygen atoms in total. The lowest BCUT2D eigenvalue weighted by Gasteiger charge is -2.08. The normalized spacial score (nSPS) is 10.7. The van der Waals surface area contributed by atoms with Gasteiger partial charge in [-0.15, -0.1) is 11.3 Å². The van der Waals surface area contributed by atoms with Gasteiger partial charge in [-0.25, -0.2) is 9.97 Å². The number of anilines is 1. The van der Waals surface area contributed by atoms with E-state index in [-0.39, 0.29) is 0 Å². The summed E-state index contributed by atoms with van der Waals surface area (Å²) in [5.41, 5.74) is 7.77. The summed E-state index contributed by atoms with van der Waals surface area (Å²) >= 11 is 5.17. The average Bonchev–Trinajstić information content (AvgIpc) is 2.68. The van der Waals surface area contributed by atoms with E-state index < -0.39 is 0 Å². The predicted molar refractivity (Wildman–Crippen MR) is 71.6 cm³/mol. The first-order chi connectivity index (χ1) is 7.63. The third-order valence-corrected chi connectivity index (χ3v) is 4.22. The number of hydrogen-bond donors (Lipinski definition) is 1. The molecule has 0 bridgehead atoms. The van der Waals surface area contributed by atoms with Gasteiger partial charge >= 0.3 is 0 Å². The van der Waals surface area contributed by atoms with Crippen LogP contribution in [0.4, 0.5) is 5.82 Å². The van der Waals surface area contributed by atoms with E-state index in [1.54, 1.807) is 11.3 Å². The van der Waals surface area contributed by atoms with Crippen molar-refractivity contribution in [1.29, 1.82) is 0 Å². The zero-order valence-corrected chi connectivity index (χ0v) is 11.5. The minimum absolute atomic E-state index is 0.571. The van der Waals surface area contributed by atoms with Crippen molar-refractivity contribution in [1.82, 2.24) is 9.97 Å². The number of nitrogens with zero attached hydrogens (tertiary/aromatic N) is 2. The smallest absolute Gasteiger partial charge is 0.131 e. The van der Waals surface area contributed by atoms with Crippen molar-refractivity contribution >= 4 is 33.1 Å². The van der Waals surface area contributed by atoms with Crippen LogP contribution < -0.4 is 5.73 Å².